The second kappa shape index (κ2) is 5.41. The van der Waals surface area contributed by atoms with Crippen LogP contribution in [-0.4, -0.2) is 27.1 Å². The Morgan fingerprint density at radius 3 is 2.29 bits per heavy atom. The summed E-state index contributed by atoms with van der Waals surface area (Å²) in [6.45, 7) is 0. The van der Waals surface area contributed by atoms with E-state index in [1.165, 1.54) is 12.1 Å². The summed E-state index contributed by atoms with van der Waals surface area (Å²) in [6.07, 6.45) is 0. The number of aromatic nitrogens is 1. The van der Waals surface area contributed by atoms with Crippen LogP contribution in [0.5, 0.6) is 0 Å². The Balaban J connectivity index is 2.99. The lowest BCUT2D eigenvalue weighted by atomic mass is 9.95. The van der Waals surface area contributed by atoms with Gasteiger partial charge in [-0.05, 0) is 17.7 Å². The molecule has 0 atom stereocenters. The van der Waals surface area contributed by atoms with E-state index in [-0.39, 0.29) is 11.1 Å². The average molecular weight is 353 g/mol. The van der Waals surface area contributed by atoms with Crippen LogP contribution in [0.4, 0.5) is 5.82 Å². The van der Waals surface area contributed by atoms with Gasteiger partial charge in [0.1, 0.15) is 16.9 Å². The van der Waals surface area contributed by atoms with Crippen LogP contribution in [0.3, 0.4) is 0 Å². The number of aromatic amines is 1. The molecular formula is C13H9BrN2O5. The van der Waals surface area contributed by atoms with Crippen molar-refractivity contribution in [1.82, 2.24) is 4.98 Å². The molecule has 0 aliphatic heterocycles. The lowest BCUT2D eigenvalue weighted by Gasteiger charge is -2.12. The van der Waals surface area contributed by atoms with Crippen molar-refractivity contribution < 1.29 is 19.8 Å². The molecule has 8 heteroatoms. The van der Waals surface area contributed by atoms with Crippen LogP contribution >= 0.6 is 15.9 Å². The fourth-order valence-corrected chi connectivity index (χ4v) is 2.38. The van der Waals surface area contributed by atoms with Crippen molar-refractivity contribution in [2.24, 2.45) is 0 Å². The van der Waals surface area contributed by atoms with Crippen molar-refractivity contribution in [3.63, 3.8) is 0 Å². The first-order valence-corrected chi connectivity index (χ1v) is 6.40. The third-order valence-electron chi connectivity index (χ3n) is 2.79. The van der Waals surface area contributed by atoms with Crippen molar-refractivity contribution in [2.45, 2.75) is 0 Å². The number of aromatic carboxylic acids is 2. The number of nitrogen functional groups attached to an aromatic ring is 1. The second-order valence-electron chi connectivity index (χ2n) is 4.11. The molecule has 0 saturated carbocycles. The molecule has 0 unspecified atom stereocenters. The summed E-state index contributed by atoms with van der Waals surface area (Å²) in [5.74, 6) is -3.36. The van der Waals surface area contributed by atoms with Crippen LogP contribution in [0.1, 0.15) is 20.7 Å². The lowest BCUT2D eigenvalue weighted by Crippen LogP contribution is -2.24. The molecule has 1 heterocycles. The third-order valence-corrected chi connectivity index (χ3v) is 3.28. The fraction of sp³-hybridized carbons (Fsp3) is 0. The molecule has 5 N–H and O–H groups in total. The number of H-pyrrole nitrogens is 1. The molecule has 0 fully saturated rings. The number of benzene rings is 1. The van der Waals surface area contributed by atoms with Gasteiger partial charge in [0.2, 0.25) is 0 Å². The topological polar surface area (TPSA) is 133 Å². The Hall–Kier alpha value is -2.61. The number of carboxylic acids is 2. The molecule has 0 bridgehead atoms. The Kier molecular flexibility index (Phi) is 3.81. The summed E-state index contributed by atoms with van der Waals surface area (Å²) < 4.78 is 0.603. The highest BCUT2D eigenvalue weighted by Gasteiger charge is 2.26. The highest BCUT2D eigenvalue weighted by molar-refractivity contribution is 9.10. The molecular weight excluding hydrogens is 344 g/mol. The van der Waals surface area contributed by atoms with E-state index in [9.17, 15) is 24.6 Å². The van der Waals surface area contributed by atoms with Gasteiger partial charge in [0, 0.05) is 10.0 Å². The Bertz CT molecular complexity index is 813. The summed E-state index contributed by atoms with van der Waals surface area (Å²) in [5, 5.41) is 18.5. The van der Waals surface area contributed by atoms with Crippen LogP contribution in [0.2, 0.25) is 0 Å². The number of anilines is 1. The molecule has 0 aliphatic carbocycles. The normalized spacial score (nSPS) is 10.3. The van der Waals surface area contributed by atoms with Crippen LogP contribution < -0.4 is 11.3 Å². The average Bonchev–Trinajstić information content (AvgIpc) is 2.36. The first kappa shape index (κ1) is 14.8. The van der Waals surface area contributed by atoms with E-state index in [0.29, 0.717) is 4.47 Å². The molecule has 0 radical (unpaired) electrons. The zero-order valence-corrected chi connectivity index (χ0v) is 12.0. The first-order chi connectivity index (χ1) is 9.82. The van der Waals surface area contributed by atoms with Crippen LogP contribution in [-0.2, 0) is 0 Å². The minimum Gasteiger partial charge on any atom is -0.478 e. The van der Waals surface area contributed by atoms with Crippen LogP contribution in [0.25, 0.3) is 11.1 Å². The quantitative estimate of drug-likeness (QED) is 0.665. The molecule has 0 amide bonds. The largest absolute Gasteiger partial charge is 0.478 e. The number of nitrogens with one attached hydrogen (secondary N) is 1. The van der Waals surface area contributed by atoms with E-state index in [2.05, 4.69) is 15.9 Å². The molecule has 21 heavy (non-hydrogen) atoms. The fourth-order valence-electron chi connectivity index (χ4n) is 1.98. The van der Waals surface area contributed by atoms with E-state index >= 15 is 0 Å². The molecule has 0 spiro atoms. The summed E-state index contributed by atoms with van der Waals surface area (Å²) in [4.78, 5) is 36.6. The van der Waals surface area contributed by atoms with Gasteiger partial charge in [0.15, 0.2) is 0 Å². The van der Waals surface area contributed by atoms with Crippen molar-refractivity contribution in [1.29, 1.82) is 0 Å². The predicted molar refractivity (Wildman–Crippen MR) is 78.5 cm³/mol. The van der Waals surface area contributed by atoms with Gasteiger partial charge in [-0.2, -0.15) is 0 Å². The highest BCUT2D eigenvalue weighted by Crippen LogP contribution is 2.30. The van der Waals surface area contributed by atoms with Crippen molar-refractivity contribution in [2.75, 3.05) is 5.73 Å². The zero-order chi connectivity index (χ0) is 15.7. The van der Waals surface area contributed by atoms with E-state index < -0.39 is 34.4 Å². The molecule has 0 aliphatic rings. The maximum absolute atomic E-state index is 11.8. The Morgan fingerprint density at radius 2 is 1.76 bits per heavy atom. The van der Waals surface area contributed by atoms with Crippen molar-refractivity contribution >= 4 is 33.7 Å². The van der Waals surface area contributed by atoms with Crippen LogP contribution in [0.15, 0.2) is 33.5 Å². The number of carbonyl (C=O) groups is 2. The highest BCUT2D eigenvalue weighted by atomic mass is 79.9. The molecule has 0 saturated heterocycles. The maximum Gasteiger partial charge on any atom is 0.342 e. The smallest absolute Gasteiger partial charge is 0.342 e. The number of nitrogens with two attached hydrogens (primary N) is 1. The Morgan fingerprint density at radius 1 is 1.14 bits per heavy atom. The molecule has 2 rings (SSSR count). The van der Waals surface area contributed by atoms with E-state index in [4.69, 9.17) is 5.73 Å². The number of hydrogen-bond donors (Lipinski definition) is 4. The van der Waals surface area contributed by atoms with Gasteiger partial charge in [-0.15, -0.1) is 0 Å². The minimum atomic E-state index is -1.53. The summed E-state index contributed by atoms with van der Waals surface area (Å²) in [6, 6.07) is 6.28. The van der Waals surface area contributed by atoms with Gasteiger partial charge < -0.3 is 20.9 Å². The van der Waals surface area contributed by atoms with Crippen LogP contribution in [0, 0.1) is 0 Å². The first-order valence-electron chi connectivity index (χ1n) is 5.61. The number of carboxylic acid groups (broad SMARTS) is 2. The summed E-state index contributed by atoms with van der Waals surface area (Å²) >= 11 is 3.21. The third kappa shape index (κ3) is 2.65. The second-order valence-corrected chi connectivity index (χ2v) is 5.03. The van der Waals surface area contributed by atoms with Gasteiger partial charge in [0.25, 0.3) is 5.56 Å². The van der Waals surface area contributed by atoms with Gasteiger partial charge in [-0.3, -0.25) is 4.79 Å². The van der Waals surface area contributed by atoms with Crippen molar-refractivity contribution in [3.8, 4) is 11.1 Å². The minimum absolute atomic E-state index is 0.224. The summed E-state index contributed by atoms with van der Waals surface area (Å²) in [7, 11) is 0. The van der Waals surface area contributed by atoms with Gasteiger partial charge in [0.05, 0.1) is 0 Å². The molecule has 1 aromatic carbocycles. The molecule has 7 nitrogen and oxygen atoms in total. The Labute approximate surface area is 126 Å². The standard InChI is InChI=1S/C13H9BrN2O5/c14-6-3-1-2-5(4-6)7-8(12(18)19)10(15)16-11(17)9(7)13(20)21/h1-4H,(H,18,19)(H,20,21)(H3,15,16,17). The number of pyridine rings is 1. The van der Waals surface area contributed by atoms with Gasteiger partial charge >= 0.3 is 11.9 Å². The van der Waals surface area contributed by atoms with Crippen molar-refractivity contribution in [3.05, 3.63) is 50.2 Å². The summed E-state index contributed by atoms with van der Waals surface area (Å²) in [5.41, 5.74) is 3.48. The zero-order valence-electron chi connectivity index (χ0n) is 10.4. The van der Waals surface area contributed by atoms with E-state index in [1.807, 2.05) is 4.98 Å². The lowest BCUT2D eigenvalue weighted by molar-refractivity contribution is 0.0695. The molecule has 108 valence electrons. The van der Waals surface area contributed by atoms with Gasteiger partial charge in [-0.1, -0.05) is 28.1 Å². The monoisotopic (exact) mass is 352 g/mol. The number of rotatable bonds is 3. The van der Waals surface area contributed by atoms with E-state index in [1.54, 1.807) is 12.1 Å². The number of halogens is 1. The molecule has 1 aromatic heterocycles. The maximum atomic E-state index is 11.8. The SMILES string of the molecule is Nc1[nH]c(=O)c(C(=O)O)c(-c2cccc(Br)c2)c1C(=O)O. The molecule has 2 aromatic rings. The van der Waals surface area contributed by atoms with Gasteiger partial charge in [-0.25, -0.2) is 9.59 Å². The predicted octanol–water partition coefficient (Wildman–Crippen LogP) is 1.78. The van der Waals surface area contributed by atoms with E-state index in [0.717, 1.165) is 0 Å². The number of hydrogen-bond acceptors (Lipinski definition) is 4.